The summed E-state index contributed by atoms with van der Waals surface area (Å²) in [4.78, 5) is 15.1. The van der Waals surface area contributed by atoms with Crippen LogP contribution in [0.4, 0.5) is 9.18 Å². The lowest BCUT2D eigenvalue weighted by Crippen LogP contribution is -2.48. The molecule has 2 heterocycles. The molecule has 1 aliphatic carbocycles. The van der Waals surface area contributed by atoms with Crippen LogP contribution in [-0.4, -0.2) is 36.7 Å². The van der Waals surface area contributed by atoms with Crippen molar-refractivity contribution in [3.8, 4) is 0 Å². The van der Waals surface area contributed by atoms with Gasteiger partial charge in [0.2, 0.25) is 0 Å². The highest BCUT2D eigenvalue weighted by molar-refractivity contribution is 5.70. The summed E-state index contributed by atoms with van der Waals surface area (Å²) in [6.45, 7) is 2.47. The smallest absolute Gasteiger partial charge is 0.410 e. The fraction of sp³-hybridized carbons (Fsp3) is 0.435. The predicted octanol–water partition coefficient (Wildman–Crippen LogP) is 3.91. The van der Waals surface area contributed by atoms with Gasteiger partial charge in [0, 0.05) is 31.5 Å². The Hall–Kier alpha value is -2.40. The highest BCUT2D eigenvalue weighted by Gasteiger charge is 2.43. The molecule has 0 spiro atoms. The molecule has 146 valence electrons. The van der Waals surface area contributed by atoms with Crippen LogP contribution in [0, 0.1) is 17.7 Å². The van der Waals surface area contributed by atoms with E-state index in [1.54, 1.807) is 12.1 Å². The van der Waals surface area contributed by atoms with Gasteiger partial charge in [-0.05, 0) is 48.1 Å². The summed E-state index contributed by atoms with van der Waals surface area (Å²) in [5, 5.41) is 3.44. The molecule has 1 amide bonds. The predicted molar refractivity (Wildman–Crippen MR) is 104 cm³/mol. The van der Waals surface area contributed by atoms with Crippen LogP contribution in [-0.2, 0) is 11.2 Å². The van der Waals surface area contributed by atoms with Gasteiger partial charge in [0.25, 0.3) is 0 Å². The van der Waals surface area contributed by atoms with E-state index in [0.29, 0.717) is 18.4 Å². The maximum Gasteiger partial charge on any atom is 0.410 e. The van der Waals surface area contributed by atoms with Gasteiger partial charge in [0.15, 0.2) is 0 Å². The third kappa shape index (κ3) is 3.08. The normalized spacial score (nSPS) is 28.7. The van der Waals surface area contributed by atoms with Gasteiger partial charge < -0.3 is 10.1 Å². The Kier molecular flexibility index (Phi) is 4.55. The van der Waals surface area contributed by atoms with Crippen LogP contribution in [0.15, 0.2) is 48.5 Å². The fourth-order valence-electron chi connectivity index (χ4n) is 5.18. The van der Waals surface area contributed by atoms with E-state index in [0.717, 1.165) is 43.5 Å². The molecule has 5 heteroatoms. The maximum absolute atomic E-state index is 13.5. The number of benzene rings is 2. The van der Waals surface area contributed by atoms with Crippen LogP contribution in [0.3, 0.4) is 0 Å². The number of ether oxygens (including phenoxy) is 1. The molecule has 2 aliphatic heterocycles. The molecule has 28 heavy (non-hydrogen) atoms. The SMILES string of the molecule is O=C(OC1[C@@H]2CC[C@H]1CNC2)N1CCc2ccccc2[C@@H]1c1ccc(F)cc1. The van der Waals surface area contributed by atoms with Gasteiger partial charge in [-0.25, -0.2) is 9.18 Å². The third-order valence-electron chi connectivity index (χ3n) is 6.59. The second kappa shape index (κ2) is 7.21. The lowest BCUT2D eigenvalue weighted by atomic mass is 9.88. The van der Waals surface area contributed by atoms with Crippen molar-refractivity contribution in [2.24, 2.45) is 11.8 Å². The summed E-state index contributed by atoms with van der Waals surface area (Å²) >= 11 is 0. The topological polar surface area (TPSA) is 41.6 Å². The van der Waals surface area contributed by atoms with Crippen LogP contribution in [0.5, 0.6) is 0 Å². The average Bonchev–Trinajstić information content (AvgIpc) is 2.94. The number of rotatable bonds is 2. The standard InChI is InChI=1S/C23H25FN2O2/c24-19-9-7-16(8-10-19)21-20-4-2-1-3-15(20)11-12-26(21)23(27)28-22-17-5-6-18(22)14-25-13-17/h1-4,7-10,17-18,21-22,25H,5-6,11-14H2/t17-,18+,21-,22?/m0/s1. The monoisotopic (exact) mass is 380 g/mol. The van der Waals surface area contributed by atoms with Gasteiger partial charge in [0.05, 0.1) is 6.04 Å². The average molecular weight is 380 g/mol. The van der Waals surface area contributed by atoms with Crippen LogP contribution >= 0.6 is 0 Å². The molecule has 1 N–H and O–H groups in total. The van der Waals surface area contributed by atoms with Gasteiger partial charge in [0.1, 0.15) is 11.9 Å². The maximum atomic E-state index is 13.5. The minimum Gasteiger partial charge on any atom is -0.445 e. The summed E-state index contributed by atoms with van der Waals surface area (Å²) in [6.07, 6.45) is 2.83. The Bertz CT molecular complexity index is 853. The molecule has 2 fully saturated rings. The molecule has 2 bridgehead atoms. The molecule has 1 saturated carbocycles. The van der Waals surface area contributed by atoms with E-state index in [4.69, 9.17) is 4.74 Å². The minimum absolute atomic E-state index is 0.0137. The van der Waals surface area contributed by atoms with Crippen LogP contribution < -0.4 is 5.32 Å². The Morgan fingerprint density at radius 3 is 2.50 bits per heavy atom. The summed E-state index contributed by atoms with van der Waals surface area (Å²) in [5.74, 6) is 0.571. The van der Waals surface area contributed by atoms with Crippen molar-refractivity contribution in [2.75, 3.05) is 19.6 Å². The summed E-state index contributed by atoms with van der Waals surface area (Å²) in [5.41, 5.74) is 3.26. The highest BCUT2D eigenvalue weighted by Crippen LogP contribution is 2.39. The van der Waals surface area contributed by atoms with Crippen molar-refractivity contribution in [2.45, 2.75) is 31.4 Å². The molecule has 2 aromatic rings. The number of carbonyl (C=O) groups excluding carboxylic acids is 1. The van der Waals surface area contributed by atoms with E-state index in [1.807, 2.05) is 17.0 Å². The minimum atomic E-state index is -0.270. The van der Waals surface area contributed by atoms with Crippen molar-refractivity contribution < 1.29 is 13.9 Å². The molecule has 4 atom stereocenters. The number of fused-ring (bicyclic) bond motifs is 3. The van der Waals surface area contributed by atoms with Crippen LogP contribution in [0.1, 0.15) is 35.6 Å². The second-order valence-corrected chi connectivity index (χ2v) is 8.20. The fourth-order valence-corrected chi connectivity index (χ4v) is 5.18. The lowest BCUT2D eigenvalue weighted by Gasteiger charge is -2.39. The molecule has 5 rings (SSSR count). The zero-order chi connectivity index (χ0) is 19.1. The quantitative estimate of drug-likeness (QED) is 0.859. The second-order valence-electron chi connectivity index (χ2n) is 8.20. The van der Waals surface area contributed by atoms with Crippen LogP contribution in [0.2, 0.25) is 0 Å². The van der Waals surface area contributed by atoms with Gasteiger partial charge >= 0.3 is 6.09 Å². The van der Waals surface area contributed by atoms with Crippen molar-refractivity contribution in [3.05, 3.63) is 71.0 Å². The van der Waals surface area contributed by atoms with Gasteiger partial charge in [-0.1, -0.05) is 36.4 Å². The lowest BCUT2D eigenvalue weighted by molar-refractivity contribution is 0.00835. The number of hydrogen-bond donors (Lipinski definition) is 1. The zero-order valence-electron chi connectivity index (χ0n) is 15.8. The Morgan fingerprint density at radius 1 is 1.04 bits per heavy atom. The Labute approximate surface area is 164 Å². The van der Waals surface area contributed by atoms with E-state index >= 15 is 0 Å². The van der Waals surface area contributed by atoms with E-state index in [2.05, 4.69) is 17.4 Å². The number of hydrogen-bond acceptors (Lipinski definition) is 3. The van der Waals surface area contributed by atoms with E-state index in [9.17, 15) is 9.18 Å². The molecular weight excluding hydrogens is 355 g/mol. The molecule has 0 aromatic heterocycles. The first kappa shape index (κ1) is 17.7. The van der Waals surface area contributed by atoms with Gasteiger partial charge in [-0.3, -0.25) is 4.90 Å². The third-order valence-corrected chi connectivity index (χ3v) is 6.59. The number of nitrogens with zero attached hydrogens (tertiary/aromatic N) is 1. The van der Waals surface area contributed by atoms with Crippen molar-refractivity contribution >= 4 is 6.09 Å². The molecule has 2 aromatic carbocycles. The van der Waals surface area contributed by atoms with E-state index in [1.165, 1.54) is 17.7 Å². The molecule has 1 unspecified atom stereocenters. The van der Waals surface area contributed by atoms with Gasteiger partial charge in [-0.2, -0.15) is 0 Å². The van der Waals surface area contributed by atoms with Crippen molar-refractivity contribution in [1.82, 2.24) is 10.2 Å². The van der Waals surface area contributed by atoms with Crippen molar-refractivity contribution in [3.63, 3.8) is 0 Å². The molecule has 4 nitrogen and oxygen atoms in total. The van der Waals surface area contributed by atoms with Gasteiger partial charge in [-0.15, -0.1) is 0 Å². The zero-order valence-corrected chi connectivity index (χ0v) is 15.8. The molecule has 3 aliphatic rings. The highest BCUT2D eigenvalue weighted by atomic mass is 19.1. The first-order valence-electron chi connectivity index (χ1n) is 10.2. The number of nitrogens with one attached hydrogen (secondary N) is 1. The largest absolute Gasteiger partial charge is 0.445 e. The van der Waals surface area contributed by atoms with Crippen LogP contribution in [0.25, 0.3) is 0 Å². The number of piperidine rings is 1. The van der Waals surface area contributed by atoms with Crippen molar-refractivity contribution in [1.29, 1.82) is 0 Å². The Balaban J connectivity index is 1.45. The molecule has 1 saturated heterocycles. The first-order chi connectivity index (χ1) is 13.7. The Morgan fingerprint density at radius 2 is 1.75 bits per heavy atom. The number of amides is 1. The summed E-state index contributed by atoms with van der Waals surface area (Å²) in [7, 11) is 0. The first-order valence-corrected chi connectivity index (χ1v) is 10.2. The summed E-state index contributed by atoms with van der Waals surface area (Å²) < 4.78 is 19.6. The number of carbonyl (C=O) groups is 1. The number of halogens is 1. The molecular formula is C23H25FN2O2. The molecule has 0 radical (unpaired) electrons. The van der Waals surface area contributed by atoms with E-state index in [-0.39, 0.29) is 24.1 Å². The summed E-state index contributed by atoms with van der Waals surface area (Å²) in [6, 6.07) is 14.4. The van der Waals surface area contributed by atoms with E-state index < -0.39 is 0 Å².